The first-order chi connectivity index (χ1) is 11.6. The van der Waals surface area contributed by atoms with Gasteiger partial charge in [-0.15, -0.1) is 11.8 Å². The number of halogens is 1. The molecule has 2 aromatic carbocycles. The number of thioether (sulfide) groups is 1. The molecule has 0 saturated heterocycles. The van der Waals surface area contributed by atoms with Gasteiger partial charge in [0.2, 0.25) is 5.91 Å². The summed E-state index contributed by atoms with van der Waals surface area (Å²) in [5.41, 5.74) is 3.16. The average molecular weight is 408 g/mol. The highest BCUT2D eigenvalue weighted by Crippen LogP contribution is 2.38. The van der Waals surface area contributed by atoms with Crippen molar-refractivity contribution >= 4 is 39.3 Å². The van der Waals surface area contributed by atoms with Gasteiger partial charge in [0.15, 0.2) is 11.5 Å². The van der Waals surface area contributed by atoms with Crippen molar-refractivity contribution in [1.29, 1.82) is 0 Å². The number of carbonyl (C=O) groups excluding carboxylic acids is 1. The average Bonchev–Trinajstić information content (AvgIpc) is 2.57. The molecule has 0 saturated carbocycles. The minimum atomic E-state index is -0.0375. The quantitative estimate of drug-likeness (QED) is 0.797. The molecule has 1 aliphatic heterocycles. The summed E-state index contributed by atoms with van der Waals surface area (Å²) in [4.78, 5) is 12.2. The zero-order valence-corrected chi connectivity index (χ0v) is 15.7. The largest absolute Gasteiger partial charge is 0.486 e. The van der Waals surface area contributed by atoms with Gasteiger partial charge in [-0.2, -0.15) is 0 Å². The number of nitrogens with one attached hydrogen (secondary N) is 1. The van der Waals surface area contributed by atoms with E-state index in [9.17, 15) is 4.79 Å². The Morgan fingerprint density at radius 1 is 1.17 bits per heavy atom. The van der Waals surface area contributed by atoms with Crippen molar-refractivity contribution < 1.29 is 14.3 Å². The van der Waals surface area contributed by atoms with Crippen LogP contribution >= 0.6 is 27.7 Å². The van der Waals surface area contributed by atoms with Gasteiger partial charge in [-0.3, -0.25) is 4.79 Å². The van der Waals surface area contributed by atoms with E-state index in [0.717, 1.165) is 10.2 Å². The number of fused-ring (bicyclic) bond motifs is 1. The van der Waals surface area contributed by atoms with Crippen LogP contribution in [-0.2, 0) is 10.5 Å². The Hall–Kier alpha value is -1.66. The standard InChI is InChI=1S/C18H18BrNO3S/c1-12-2-4-13(5-3-12)10-24-11-18(21)20-15-9-17-16(8-14(15)19)22-6-7-23-17/h2-5,8-9H,6-7,10-11H2,1H3,(H,20,21). The van der Waals surface area contributed by atoms with E-state index < -0.39 is 0 Å². The monoisotopic (exact) mass is 407 g/mol. The summed E-state index contributed by atoms with van der Waals surface area (Å²) in [6.45, 7) is 3.13. The molecule has 0 aromatic heterocycles. The summed E-state index contributed by atoms with van der Waals surface area (Å²) in [6.07, 6.45) is 0. The van der Waals surface area contributed by atoms with Crippen LogP contribution in [0.4, 0.5) is 5.69 Å². The Morgan fingerprint density at radius 3 is 2.54 bits per heavy atom. The maximum atomic E-state index is 12.2. The molecule has 24 heavy (non-hydrogen) atoms. The fourth-order valence-corrected chi connectivity index (χ4v) is 3.50. The van der Waals surface area contributed by atoms with E-state index in [1.54, 1.807) is 17.8 Å². The molecule has 1 N–H and O–H groups in total. The zero-order valence-electron chi connectivity index (χ0n) is 13.3. The second-order valence-corrected chi connectivity index (χ2v) is 7.34. The van der Waals surface area contributed by atoms with Gasteiger partial charge < -0.3 is 14.8 Å². The lowest BCUT2D eigenvalue weighted by Crippen LogP contribution is -2.17. The number of amides is 1. The Kier molecular flexibility index (Phi) is 5.68. The normalized spacial score (nSPS) is 12.8. The molecule has 0 atom stereocenters. The van der Waals surface area contributed by atoms with Crippen LogP contribution in [0.1, 0.15) is 11.1 Å². The van der Waals surface area contributed by atoms with Crippen LogP contribution in [0.2, 0.25) is 0 Å². The van der Waals surface area contributed by atoms with Gasteiger partial charge in [-0.25, -0.2) is 0 Å². The molecule has 1 heterocycles. The van der Waals surface area contributed by atoms with E-state index in [1.807, 2.05) is 6.07 Å². The van der Waals surface area contributed by atoms with Gasteiger partial charge in [0.05, 0.1) is 11.4 Å². The van der Waals surface area contributed by atoms with Crippen LogP contribution in [-0.4, -0.2) is 24.9 Å². The molecule has 0 unspecified atom stereocenters. The lowest BCUT2D eigenvalue weighted by atomic mass is 10.2. The number of hydrogen-bond donors (Lipinski definition) is 1. The number of ether oxygens (including phenoxy) is 2. The Balaban J connectivity index is 1.54. The number of rotatable bonds is 5. The van der Waals surface area contributed by atoms with Crippen molar-refractivity contribution in [3.8, 4) is 11.5 Å². The summed E-state index contributed by atoms with van der Waals surface area (Å²) >= 11 is 5.05. The van der Waals surface area contributed by atoms with Gasteiger partial charge in [-0.05, 0) is 28.4 Å². The fourth-order valence-electron chi connectivity index (χ4n) is 2.29. The fraction of sp³-hybridized carbons (Fsp3) is 0.278. The molecular formula is C18H18BrNO3S. The number of hydrogen-bond acceptors (Lipinski definition) is 4. The first kappa shape index (κ1) is 17.2. The van der Waals surface area contributed by atoms with Gasteiger partial charge >= 0.3 is 0 Å². The molecule has 2 aromatic rings. The highest BCUT2D eigenvalue weighted by Gasteiger charge is 2.16. The van der Waals surface area contributed by atoms with Crippen molar-refractivity contribution in [2.45, 2.75) is 12.7 Å². The Bertz CT molecular complexity index is 734. The summed E-state index contributed by atoms with van der Waals surface area (Å²) in [5.74, 6) is 2.53. The molecule has 4 nitrogen and oxygen atoms in total. The number of benzene rings is 2. The van der Waals surface area contributed by atoms with Crippen LogP contribution in [0.3, 0.4) is 0 Å². The van der Waals surface area contributed by atoms with E-state index >= 15 is 0 Å². The summed E-state index contributed by atoms with van der Waals surface area (Å²) in [5, 5.41) is 2.91. The Labute approximate surface area is 154 Å². The minimum Gasteiger partial charge on any atom is -0.486 e. The Morgan fingerprint density at radius 2 is 1.83 bits per heavy atom. The molecule has 0 fully saturated rings. The summed E-state index contributed by atoms with van der Waals surface area (Å²) < 4.78 is 11.8. The van der Waals surface area contributed by atoms with Gasteiger partial charge in [0.1, 0.15) is 13.2 Å². The second-order valence-electron chi connectivity index (χ2n) is 5.50. The third-order valence-electron chi connectivity index (χ3n) is 3.53. The van der Waals surface area contributed by atoms with Crippen LogP contribution in [0.25, 0.3) is 0 Å². The molecule has 1 aliphatic rings. The summed E-state index contributed by atoms with van der Waals surface area (Å²) in [7, 11) is 0. The van der Waals surface area contributed by atoms with E-state index in [4.69, 9.17) is 9.47 Å². The smallest absolute Gasteiger partial charge is 0.234 e. The van der Waals surface area contributed by atoms with Gasteiger partial charge in [0, 0.05) is 22.4 Å². The zero-order chi connectivity index (χ0) is 16.9. The lowest BCUT2D eigenvalue weighted by molar-refractivity contribution is -0.113. The van der Waals surface area contributed by atoms with Crippen LogP contribution < -0.4 is 14.8 Å². The molecule has 0 radical (unpaired) electrons. The third kappa shape index (κ3) is 4.45. The maximum absolute atomic E-state index is 12.2. The molecule has 1 amide bonds. The van der Waals surface area contributed by atoms with Crippen LogP contribution in [0.5, 0.6) is 11.5 Å². The predicted octanol–water partition coefficient (Wildman–Crippen LogP) is 4.40. The van der Waals surface area contributed by atoms with Crippen molar-refractivity contribution in [3.63, 3.8) is 0 Å². The van der Waals surface area contributed by atoms with Crippen molar-refractivity contribution in [3.05, 3.63) is 52.0 Å². The molecule has 0 aliphatic carbocycles. The SMILES string of the molecule is Cc1ccc(CSCC(=O)Nc2cc3c(cc2Br)OCCO3)cc1. The first-order valence-electron chi connectivity index (χ1n) is 7.64. The van der Waals surface area contributed by atoms with Gasteiger partial charge in [0.25, 0.3) is 0 Å². The first-order valence-corrected chi connectivity index (χ1v) is 9.59. The van der Waals surface area contributed by atoms with E-state index in [2.05, 4.69) is 52.4 Å². The maximum Gasteiger partial charge on any atom is 0.234 e. The highest BCUT2D eigenvalue weighted by molar-refractivity contribution is 9.10. The topological polar surface area (TPSA) is 47.6 Å². The number of anilines is 1. The van der Waals surface area contributed by atoms with E-state index in [1.165, 1.54) is 11.1 Å². The van der Waals surface area contributed by atoms with Gasteiger partial charge in [-0.1, -0.05) is 29.8 Å². The summed E-state index contributed by atoms with van der Waals surface area (Å²) in [6, 6.07) is 12.0. The molecule has 6 heteroatoms. The molecular weight excluding hydrogens is 390 g/mol. The predicted molar refractivity (Wildman–Crippen MR) is 101 cm³/mol. The third-order valence-corrected chi connectivity index (χ3v) is 5.19. The molecule has 0 spiro atoms. The van der Waals surface area contributed by atoms with E-state index in [-0.39, 0.29) is 5.91 Å². The second kappa shape index (κ2) is 7.94. The molecule has 3 rings (SSSR count). The van der Waals surface area contributed by atoms with Crippen LogP contribution in [0.15, 0.2) is 40.9 Å². The number of carbonyl (C=O) groups is 1. The number of aryl methyl sites for hydroxylation is 1. The van der Waals surface area contributed by atoms with Crippen molar-refractivity contribution in [2.24, 2.45) is 0 Å². The lowest BCUT2D eigenvalue weighted by Gasteiger charge is -2.20. The van der Waals surface area contributed by atoms with Crippen molar-refractivity contribution in [2.75, 3.05) is 24.3 Å². The van der Waals surface area contributed by atoms with E-state index in [0.29, 0.717) is 36.2 Å². The molecule has 0 bridgehead atoms. The van der Waals surface area contributed by atoms with Crippen LogP contribution in [0, 0.1) is 6.92 Å². The minimum absolute atomic E-state index is 0.0375. The molecule has 126 valence electrons. The van der Waals surface area contributed by atoms with Crippen molar-refractivity contribution in [1.82, 2.24) is 0 Å². The highest BCUT2D eigenvalue weighted by atomic mass is 79.9.